The number of anilines is 2. The summed E-state index contributed by atoms with van der Waals surface area (Å²) >= 11 is 0. The summed E-state index contributed by atoms with van der Waals surface area (Å²) in [5.74, 6) is 0.735. The minimum absolute atomic E-state index is 0.170. The minimum atomic E-state index is -0.447. The third-order valence-electron chi connectivity index (χ3n) is 5.45. The summed E-state index contributed by atoms with van der Waals surface area (Å²) in [4.78, 5) is 19.1. The van der Waals surface area contributed by atoms with Crippen molar-refractivity contribution in [2.45, 2.75) is 6.04 Å². The SMILES string of the molecule is COc1ccc(C(CO)N(C)C(=O)Nc2ccccc2N2CCN(C)CC2)cc1. The van der Waals surface area contributed by atoms with Crippen molar-refractivity contribution >= 4 is 17.4 Å². The highest BCUT2D eigenvalue weighted by atomic mass is 16.5. The van der Waals surface area contributed by atoms with E-state index in [0.29, 0.717) is 0 Å². The number of aliphatic hydroxyl groups is 1. The first-order chi connectivity index (χ1) is 14.0. The van der Waals surface area contributed by atoms with Crippen LogP contribution < -0.4 is 15.0 Å². The van der Waals surface area contributed by atoms with Gasteiger partial charge in [-0.25, -0.2) is 4.79 Å². The number of carbonyl (C=O) groups excluding carboxylic acids is 1. The fourth-order valence-electron chi connectivity index (χ4n) is 3.52. The Morgan fingerprint density at radius 3 is 2.41 bits per heavy atom. The maximum Gasteiger partial charge on any atom is 0.322 e. The number of carbonyl (C=O) groups is 1. The van der Waals surface area contributed by atoms with Gasteiger partial charge in [0.25, 0.3) is 0 Å². The highest BCUT2D eigenvalue weighted by molar-refractivity contribution is 5.93. The molecular formula is C22H30N4O3. The molecule has 3 rings (SSSR count). The summed E-state index contributed by atoms with van der Waals surface area (Å²) in [5.41, 5.74) is 2.64. The number of ether oxygens (including phenoxy) is 1. The molecule has 1 aliphatic heterocycles. The maximum atomic E-state index is 12.9. The molecule has 0 radical (unpaired) electrons. The van der Waals surface area contributed by atoms with Crippen LogP contribution in [0.15, 0.2) is 48.5 Å². The van der Waals surface area contributed by atoms with Crippen molar-refractivity contribution in [3.8, 4) is 5.75 Å². The lowest BCUT2D eigenvalue weighted by Gasteiger charge is -2.35. The molecule has 7 nitrogen and oxygen atoms in total. The smallest absolute Gasteiger partial charge is 0.322 e. The van der Waals surface area contributed by atoms with Crippen molar-refractivity contribution < 1.29 is 14.6 Å². The monoisotopic (exact) mass is 398 g/mol. The molecule has 2 aromatic rings. The fourth-order valence-corrected chi connectivity index (χ4v) is 3.52. The maximum absolute atomic E-state index is 12.9. The van der Waals surface area contributed by atoms with E-state index in [1.54, 1.807) is 14.2 Å². The molecule has 1 fully saturated rings. The molecule has 1 heterocycles. The topological polar surface area (TPSA) is 68.3 Å². The van der Waals surface area contributed by atoms with Crippen LogP contribution in [0.5, 0.6) is 5.75 Å². The zero-order chi connectivity index (χ0) is 20.8. The molecule has 7 heteroatoms. The van der Waals surface area contributed by atoms with Gasteiger partial charge >= 0.3 is 6.03 Å². The van der Waals surface area contributed by atoms with E-state index in [1.165, 1.54) is 4.90 Å². The lowest BCUT2D eigenvalue weighted by Crippen LogP contribution is -2.45. The van der Waals surface area contributed by atoms with Crippen LogP contribution in [0.25, 0.3) is 0 Å². The number of aliphatic hydroxyl groups excluding tert-OH is 1. The predicted molar refractivity (Wildman–Crippen MR) is 116 cm³/mol. The van der Waals surface area contributed by atoms with Crippen LogP contribution in [-0.4, -0.2) is 74.9 Å². The first-order valence-corrected chi connectivity index (χ1v) is 9.84. The molecule has 0 saturated carbocycles. The minimum Gasteiger partial charge on any atom is -0.497 e. The zero-order valence-electron chi connectivity index (χ0n) is 17.3. The van der Waals surface area contributed by atoms with E-state index >= 15 is 0 Å². The molecule has 0 spiro atoms. The van der Waals surface area contributed by atoms with Crippen molar-refractivity contribution in [2.24, 2.45) is 0 Å². The number of para-hydroxylation sites is 2. The first-order valence-electron chi connectivity index (χ1n) is 9.84. The Labute approximate surface area is 172 Å². The van der Waals surface area contributed by atoms with E-state index in [2.05, 4.69) is 22.2 Å². The van der Waals surface area contributed by atoms with Gasteiger partial charge in [-0.2, -0.15) is 0 Å². The quantitative estimate of drug-likeness (QED) is 0.783. The van der Waals surface area contributed by atoms with Crippen molar-refractivity contribution in [3.63, 3.8) is 0 Å². The van der Waals surface area contributed by atoms with Crippen LogP contribution in [0, 0.1) is 0 Å². The number of piperazine rings is 1. The van der Waals surface area contributed by atoms with E-state index in [4.69, 9.17) is 4.74 Å². The second-order valence-corrected chi connectivity index (χ2v) is 7.32. The van der Waals surface area contributed by atoms with Gasteiger partial charge in [0.1, 0.15) is 5.75 Å². The Morgan fingerprint density at radius 1 is 1.14 bits per heavy atom. The van der Waals surface area contributed by atoms with Crippen LogP contribution in [-0.2, 0) is 0 Å². The highest BCUT2D eigenvalue weighted by Gasteiger charge is 2.23. The number of rotatable bonds is 6. The summed E-state index contributed by atoms with van der Waals surface area (Å²) in [6.45, 7) is 3.66. The lowest BCUT2D eigenvalue weighted by molar-refractivity contribution is 0.159. The van der Waals surface area contributed by atoms with Gasteiger partial charge in [0.15, 0.2) is 0 Å². The van der Waals surface area contributed by atoms with Crippen LogP contribution in [0.1, 0.15) is 11.6 Å². The van der Waals surface area contributed by atoms with Crippen LogP contribution in [0.4, 0.5) is 16.2 Å². The number of nitrogens with one attached hydrogen (secondary N) is 1. The average Bonchev–Trinajstić information content (AvgIpc) is 2.75. The Balaban J connectivity index is 1.73. The molecule has 1 unspecified atom stereocenters. The normalized spacial score (nSPS) is 15.7. The van der Waals surface area contributed by atoms with Gasteiger partial charge in [0.05, 0.1) is 31.1 Å². The second kappa shape index (κ2) is 9.62. The molecule has 156 valence electrons. The number of amides is 2. The molecule has 1 atom stereocenters. The number of hydrogen-bond acceptors (Lipinski definition) is 5. The van der Waals surface area contributed by atoms with Crippen LogP contribution >= 0.6 is 0 Å². The first kappa shape index (κ1) is 21.0. The average molecular weight is 399 g/mol. The molecule has 2 N–H and O–H groups in total. The molecule has 1 saturated heterocycles. The van der Waals surface area contributed by atoms with Gasteiger partial charge in [-0.3, -0.25) is 0 Å². The van der Waals surface area contributed by atoms with E-state index in [9.17, 15) is 9.90 Å². The van der Waals surface area contributed by atoms with Crippen molar-refractivity contribution in [1.29, 1.82) is 0 Å². The van der Waals surface area contributed by atoms with Crippen molar-refractivity contribution in [2.75, 3.05) is 64.2 Å². The number of nitrogens with zero attached hydrogens (tertiary/aromatic N) is 3. The summed E-state index contributed by atoms with van der Waals surface area (Å²) in [5, 5.41) is 12.9. The molecule has 1 aliphatic rings. The lowest BCUT2D eigenvalue weighted by atomic mass is 10.1. The van der Waals surface area contributed by atoms with E-state index in [-0.39, 0.29) is 12.6 Å². The predicted octanol–water partition coefficient (Wildman–Crippen LogP) is 2.64. The number of methoxy groups -OCH3 is 1. The number of hydrogen-bond donors (Lipinski definition) is 2. The third kappa shape index (κ3) is 4.99. The number of benzene rings is 2. The summed E-state index contributed by atoms with van der Waals surface area (Å²) < 4.78 is 5.18. The van der Waals surface area contributed by atoms with Crippen molar-refractivity contribution in [3.05, 3.63) is 54.1 Å². The summed E-state index contributed by atoms with van der Waals surface area (Å²) in [6.07, 6.45) is 0. The Bertz CT molecular complexity index is 804. The molecule has 2 aromatic carbocycles. The molecule has 0 aliphatic carbocycles. The van der Waals surface area contributed by atoms with Crippen LogP contribution in [0.2, 0.25) is 0 Å². The molecule has 29 heavy (non-hydrogen) atoms. The Hall–Kier alpha value is -2.77. The number of likely N-dealkylation sites (N-methyl/N-ethyl adjacent to an activating group) is 2. The summed E-state index contributed by atoms with van der Waals surface area (Å²) in [7, 11) is 5.42. The standard InChI is InChI=1S/C22H30N4O3/c1-24-12-14-26(15-13-24)20-7-5-4-6-19(20)23-22(28)25(2)21(16-27)17-8-10-18(29-3)11-9-17/h4-11,21,27H,12-16H2,1-3H3,(H,23,28). The zero-order valence-corrected chi connectivity index (χ0v) is 17.3. The van der Waals surface area contributed by atoms with Gasteiger partial charge in [0.2, 0.25) is 0 Å². The fraction of sp³-hybridized carbons (Fsp3) is 0.409. The third-order valence-corrected chi connectivity index (χ3v) is 5.45. The van der Waals surface area contributed by atoms with Gasteiger partial charge in [-0.05, 0) is 36.9 Å². The van der Waals surface area contributed by atoms with Crippen molar-refractivity contribution in [1.82, 2.24) is 9.80 Å². The second-order valence-electron chi connectivity index (χ2n) is 7.32. The molecule has 0 bridgehead atoms. The summed E-state index contributed by atoms with van der Waals surface area (Å²) in [6, 6.07) is 14.5. The largest absolute Gasteiger partial charge is 0.497 e. The van der Waals surface area contributed by atoms with Crippen LogP contribution in [0.3, 0.4) is 0 Å². The Kier molecular flexibility index (Phi) is 6.95. The molecular weight excluding hydrogens is 368 g/mol. The van der Waals surface area contributed by atoms with E-state index in [1.807, 2.05) is 48.5 Å². The van der Waals surface area contributed by atoms with Gasteiger partial charge in [-0.15, -0.1) is 0 Å². The molecule has 2 amide bonds. The van der Waals surface area contributed by atoms with E-state index < -0.39 is 6.04 Å². The van der Waals surface area contributed by atoms with E-state index in [0.717, 1.165) is 48.9 Å². The highest BCUT2D eigenvalue weighted by Crippen LogP contribution is 2.28. The Morgan fingerprint density at radius 2 is 1.79 bits per heavy atom. The van der Waals surface area contributed by atoms with Gasteiger partial charge in [-0.1, -0.05) is 24.3 Å². The number of urea groups is 1. The van der Waals surface area contributed by atoms with Gasteiger partial charge in [0, 0.05) is 33.2 Å². The van der Waals surface area contributed by atoms with Gasteiger partial charge < -0.3 is 29.9 Å². The molecule has 0 aromatic heterocycles.